The van der Waals surface area contributed by atoms with Crippen molar-refractivity contribution in [2.45, 2.75) is 51.1 Å². The molecule has 0 spiro atoms. The van der Waals surface area contributed by atoms with E-state index in [1.54, 1.807) is 0 Å². The lowest BCUT2D eigenvalue weighted by Crippen LogP contribution is -2.60. The molecule has 0 radical (unpaired) electrons. The summed E-state index contributed by atoms with van der Waals surface area (Å²) >= 11 is 0. The Morgan fingerprint density at radius 1 is 1.06 bits per heavy atom. The predicted octanol–water partition coefficient (Wildman–Crippen LogP) is 3.15. The number of ether oxygens (including phenoxy) is 1. The lowest BCUT2D eigenvalue weighted by Gasteiger charge is -2.48. The van der Waals surface area contributed by atoms with E-state index in [2.05, 4.69) is 63.8 Å². The monoisotopic (exact) mass is 425 g/mol. The van der Waals surface area contributed by atoms with E-state index in [9.17, 15) is 0 Å². The lowest BCUT2D eigenvalue weighted by molar-refractivity contribution is -0.0352. The van der Waals surface area contributed by atoms with E-state index >= 15 is 0 Å². The molecule has 2 N–H and O–H groups in total. The molecule has 1 saturated carbocycles. The van der Waals surface area contributed by atoms with Gasteiger partial charge in [-0.3, -0.25) is 4.90 Å². The van der Waals surface area contributed by atoms with Gasteiger partial charge in [0.2, 0.25) is 0 Å². The maximum absolute atomic E-state index is 5.63. The third-order valence-electron chi connectivity index (χ3n) is 6.91. The molecular weight excluding hydrogens is 386 g/mol. The summed E-state index contributed by atoms with van der Waals surface area (Å²) in [7, 11) is 0. The maximum atomic E-state index is 5.63. The van der Waals surface area contributed by atoms with Gasteiger partial charge in [0.25, 0.3) is 0 Å². The molecule has 0 amide bonds. The number of benzene rings is 1. The zero-order valence-corrected chi connectivity index (χ0v) is 19.1. The number of nitrogens with one attached hydrogen (secondary N) is 2. The molecule has 1 aliphatic carbocycles. The minimum Gasteiger partial charge on any atom is -0.379 e. The molecule has 2 heterocycles. The van der Waals surface area contributed by atoms with Crippen LogP contribution in [0.25, 0.3) is 0 Å². The Labute approximate surface area is 187 Å². The van der Waals surface area contributed by atoms with Crippen molar-refractivity contribution in [3.63, 3.8) is 0 Å². The molecule has 170 valence electrons. The number of nitrogens with zero attached hydrogens (tertiary/aromatic N) is 3. The van der Waals surface area contributed by atoms with Gasteiger partial charge in [0.1, 0.15) is 0 Å². The summed E-state index contributed by atoms with van der Waals surface area (Å²) in [5.74, 6) is 0.925. The highest BCUT2D eigenvalue weighted by atomic mass is 16.5. The van der Waals surface area contributed by atoms with Gasteiger partial charge in [-0.05, 0) is 37.5 Å². The summed E-state index contributed by atoms with van der Waals surface area (Å²) in [6.45, 7) is 10.5. The molecule has 1 saturated heterocycles. The van der Waals surface area contributed by atoms with Crippen LogP contribution in [0.2, 0.25) is 0 Å². The van der Waals surface area contributed by atoms with Gasteiger partial charge < -0.3 is 20.3 Å². The second kappa shape index (κ2) is 11.0. The molecule has 3 aliphatic rings. The standard InChI is InChI=1S/C25H39N5O/c1-2-26-24(27-20-22-9-8-10-23(19-22)29-13-6-7-14-29)28-21-25(11-4-3-5-12-25)30-15-17-31-18-16-30/h6-10,19H,2-5,11-18,20-21H2,1H3,(H2,26,27,28). The average Bonchev–Trinajstić information content (AvgIpc) is 3.37. The highest BCUT2D eigenvalue weighted by Gasteiger charge is 2.38. The first-order valence-electron chi connectivity index (χ1n) is 12.1. The largest absolute Gasteiger partial charge is 0.379 e. The molecule has 31 heavy (non-hydrogen) atoms. The Kier molecular flexibility index (Phi) is 7.86. The van der Waals surface area contributed by atoms with Crippen molar-refractivity contribution < 1.29 is 4.74 Å². The fourth-order valence-electron chi connectivity index (χ4n) is 5.15. The third-order valence-corrected chi connectivity index (χ3v) is 6.91. The molecule has 0 atom stereocenters. The Morgan fingerprint density at radius 2 is 1.84 bits per heavy atom. The van der Waals surface area contributed by atoms with Gasteiger partial charge in [-0.1, -0.05) is 43.5 Å². The van der Waals surface area contributed by atoms with Crippen LogP contribution >= 0.6 is 0 Å². The van der Waals surface area contributed by atoms with Crippen molar-refractivity contribution >= 4 is 11.6 Å². The number of hydrogen-bond acceptors (Lipinski definition) is 4. The molecule has 0 unspecified atom stereocenters. The first-order chi connectivity index (χ1) is 15.3. The molecule has 6 heteroatoms. The van der Waals surface area contributed by atoms with Gasteiger partial charge in [-0.15, -0.1) is 0 Å². The molecule has 2 fully saturated rings. The zero-order chi connectivity index (χ0) is 21.4. The first-order valence-corrected chi connectivity index (χ1v) is 12.1. The van der Waals surface area contributed by atoms with Crippen LogP contribution in [-0.2, 0) is 11.3 Å². The van der Waals surface area contributed by atoms with E-state index in [0.29, 0.717) is 6.54 Å². The summed E-state index contributed by atoms with van der Waals surface area (Å²) < 4.78 is 5.63. The molecule has 1 aromatic carbocycles. The van der Waals surface area contributed by atoms with E-state index in [-0.39, 0.29) is 5.54 Å². The quantitative estimate of drug-likeness (QED) is 0.399. The van der Waals surface area contributed by atoms with Crippen molar-refractivity contribution in [1.82, 2.24) is 15.5 Å². The van der Waals surface area contributed by atoms with Crippen molar-refractivity contribution in [3.8, 4) is 0 Å². The number of rotatable bonds is 7. The normalized spacial score (nSPS) is 22.0. The number of guanidine groups is 1. The van der Waals surface area contributed by atoms with Crippen molar-refractivity contribution in [2.24, 2.45) is 4.99 Å². The fraction of sp³-hybridized carbons (Fsp3) is 0.640. The first kappa shape index (κ1) is 22.2. The van der Waals surface area contributed by atoms with Crippen molar-refractivity contribution in [3.05, 3.63) is 42.0 Å². The Hall–Kier alpha value is -2.05. The van der Waals surface area contributed by atoms with Gasteiger partial charge >= 0.3 is 0 Å². The van der Waals surface area contributed by atoms with Crippen molar-refractivity contribution in [2.75, 3.05) is 57.4 Å². The van der Waals surface area contributed by atoms with Crippen LogP contribution in [0.4, 0.5) is 5.69 Å². The summed E-state index contributed by atoms with van der Waals surface area (Å²) in [5, 5.41) is 7.16. The van der Waals surface area contributed by atoms with Crippen LogP contribution < -0.4 is 15.5 Å². The SMILES string of the molecule is CCNC(=NCc1cccc(N2CC=CC2)c1)NCC1(N2CCOCC2)CCCCC1. The van der Waals surface area contributed by atoms with E-state index in [1.807, 2.05) is 0 Å². The van der Waals surface area contributed by atoms with Gasteiger partial charge in [-0.25, -0.2) is 4.99 Å². The minimum absolute atomic E-state index is 0.237. The second-order valence-corrected chi connectivity index (χ2v) is 8.98. The smallest absolute Gasteiger partial charge is 0.191 e. The highest BCUT2D eigenvalue weighted by molar-refractivity contribution is 5.79. The topological polar surface area (TPSA) is 52.1 Å². The Bertz CT molecular complexity index is 742. The molecular formula is C25H39N5O. The van der Waals surface area contributed by atoms with Gasteiger partial charge in [-0.2, -0.15) is 0 Å². The van der Waals surface area contributed by atoms with E-state index < -0.39 is 0 Å². The van der Waals surface area contributed by atoms with Gasteiger partial charge in [0.15, 0.2) is 5.96 Å². The highest BCUT2D eigenvalue weighted by Crippen LogP contribution is 2.33. The van der Waals surface area contributed by atoms with Crippen LogP contribution in [0.15, 0.2) is 41.4 Å². The summed E-state index contributed by atoms with van der Waals surface area (Å²) in [6, 6.07) is 8.79. The summed E-state index contributed by atoms with van der Waals surface area (Å²) in [4.78, 5) is 9.99. The van der Waals surface area contributed by atoms with Gasteiger partial charge in [0, 0.05) is 50.5 Å². The fourth-order valence-corrected chi connectivity index (χ4v) is 5.15. The number of morpholine rings is 1. The summed E-state index contributed by atoms with van der Waals surface area (Å²) in [5.41, 5.74) is 2.77. The number of anilines is 1. The second-order valence-electron chi connectivity index (χ2n) is 8.98. The molecule has 1 aromatic rings. The molecule has 2 aliphatic heterocycles. The number of hydrogen-bond donors (Lipinski definition) is 2. The average molecular weight is 426 g/mol. The molecule has 6 nitrogen and oxygen atoms in total. The molecule has 4 rings (SSSR count). The summed E-state index contributed by atoms with van der Waals surface area (Å²) in [6.07, 6.45) is 11.0. The van der Waals surface area contributed by atoms with Crippen LogP contribution in [0.5, 0.6) is 0 Å². The van der Waals surface area contributed by atoms with Crippen LogP contribution in [0.1, 0.15) is 44.6 Å². The van der Waals surface area contributed by atoms with Crippen LogP contribution in [0, 0.1) is 0 Å². The number of aliphatic imine (C=N–C) groups is 1. The minimum atomic E-state index is 0.237. The van der Waals surface area contributed by atoms with Gasteiger partial charge in [0.05, 0.1) is 19.8 Å². The molecule has 0 bridgehead atoms. The van der Waals surface area contributed by atoms with E-state index in [4.69, 9.17) is 9.73 Å². The Morgan fingerprint density at radius 3 is 2.58 bits per heavy atom. The predicted molar refractivity (Wildman–Crippen MR) is 129 cm³/mol. The lowest BCUT2D eigenvalue weighted by atomic mass is 9.80. The van der Waals surface area contributed by atoms with Crippen molar-refractivity contribution in [1.29, 1.82) is 0 Å². The van der Waals surface area contributed by atoms with E-state index in [1.165, 1.54) is 43.4 Å². The zero-order valence-electron chi connectivity index (χ0n) is 19.1. The Balaban J connectivity index is 1.40. The van der Waals surface area contributed by atoms with Crippen LogP contribution in [0.3, 0.4) is 0 Å². The van der Waals surface area contributed by atoms with Crippen LogP contribution in [-0.4, -0.2) is 68.9 Å². The third kappa shape index (κ3) is 5.80. The maximum Gasteiger partial charge on any atom is 0.191 e. The van der Waals surface area contributed by atoms with E-state index in [0.717, 1.165) is 58.4 Å². The molecule has 0 aromatic heterocycles.